The second kappa shape index (κ2) is 7.14. The number of nitrogens with zero attached hydrogens (tertiary/aromatic N) is 6. The second-order valence-electron chi connectivity index (χ2n) is 7.13. The number of aliphatic hydroxyl groups excluding tert-OH is 1. The van der Waals surface area contributed by atoms with Gasteiger partial charge in [0.25, 0.3) is 0 Å². The van der Waals surface area contributed by atoms with E-state index in [2.05, 4.69) is 25.0 Å². The summed E-state index contributed by atoms with van der Waals surface area (Å²) in [5.74, 6) is 1.25. The van der Waals surface area contributed by atoms with Gasteiger partial charge in [-0.3, -0.25) is 4.98 Å². The minimum Gasteiger partial charge on any atom is -0.394 e. The summed E-state index contributed by atoms with van der Waals surface area (Å²) < 4.78 is 1.69. The first-order valence-electron chi connectivity index (χ1n) is 9.64. The molecule has 1 saturated heterocycles. The average Bonchev–Trinajstić information content (AvgIpc) is 3.37. The van der Waals surface area contributed by atoms with Crippen LogP contribution in [-0.4, -0.2) is 48.9 Å². The normalized spacial score (nSPS) is 16.6. The number of aliphatic hydroxyl groups is 1. The third kappa shape index (κ3) is 2.98. The van der Waals surface area contributed by atoms with Crippen molar-refractivity contribution in [1.82, 2.24) is 24.6 Å². The molecule has 4 aromatic rings. The van der Waals surface area contributed by atoms with Crippen molar-refractivity contribution in [2.45, 2.75) is 18.9 Å². The molecule has 29 heavy (non-hydrogen) atoms. The highest BCUT2D eigenvalue weighted by Crippen LogP contribution is 2.34. The smallest absolute Gasteiger partial charge is 0.166 e. The Morgan fingerprint density at radius 1 is 1.10 bits per heavy atom. The summed E-state index contributed by atoms with van der Waals surface area (Å²) in [6.07, 6.45) is 9.24. The zero-order valence-corrected chi connectivity index (χ0v) is 15.8. The number of nitrogen functional groups attached to an aromatic ring is 1. The topological polar surface area (TPSA) is 105 Å². The number of aromatic nitrogens is 5. The van der Waals surface area contributed by atoms with Crippen LogP contribution in [0.3, 0.4) is 0 Å². The van der Waals surface area contributed by atoms with Crippen LogP contribution < -0.4 is 10.6 Å². The van der Waals surface area contributed by atoms with Crippen LogP contribution in [-0.2, 0) is 0 Å². The van der Waals surface area contributed by atoms with Gasteiger partial charge < -0.3 is 15.7 Å². The van der Waals surface area contributed by atoms with Crippen LogP contribution in [0.25, 0.3) is 28.0 Å². The van der Waals surface area contributed by atoms with Gasteiger partial charge in [0, 0.05) is 42.5 Å². The van der Waals surface area contributed by atoms with Gasteiger partial charge in [-0.15, -0.1) is 5.10 Å². The van der Waals surface area contributed by atoms with E-state index in [1.165, 1.54) is 0 Å². The molecule has 0 aliphatic carbocycles. The molecule has 1 aliphatic heterocycles. The van der Waals surface area contributed by atoms with Crippen molar-refractivity contribution in [3.8, 4) is 22.4 Å². The molecule has 4 aromatic heterocycles. The van der Waals surface area contributed by atoms with Crippen molar-refractivity contribution in [3.63, 3.8) is 0 Å². The SMILES string of the molecule is Nc1nn2cc(-c3cccnc3N3CCC[C@H]3CO)cnc2c1-c1ccccn1. The number of hydrogen-bond donors (Lipinski definition) is 2. The summed E-state index contributed by atoms with van der Waals surface area (Å²) in [5, 5.41) is 14.2. The molecular weight excluding hydrogens is 366 g/mol. The van der Waals surface area contributed by atoms with Crippen molar-refractivity contribution >= 4 is 17.3 Å². The maximum Gasteiger partial charge on any atom is 0.166 e. The molecule has 1 fully saturated rings. The van der Waals surface area contributed by atoms with Crippen LogP contribution in [0.15, 0.2) is 55.1 Å². The molecule has 0 unspecified atom stereocenters. The van der Waals surface area contributed by atoms with Gasteiger partial charge in [-0.25, -0.2) is 14.5 Å². The van der Waals surface area contributed by atoms with Crippen LogP contribution in [0.1, 0.15) is 12.8 Å². The fourth-order valence-electron chi connectivity index (χ4n) is 4.00. The molecule has 5 rings (SSSR count). The Morgan fingerprint density at radius 3 is 2.83 bits per heavy atom. The van der Waals surface area contributed by atoms with Crippen LogP contribution in [0.5, 0.6) is 0 Å². The molecule has 1 atom stereocenters. The zero-order valence-electron chi connectivity index (χ0n) is 15.8. The number of fused-ring (bicyclic) bond motifs is 1. The Kier molecular flexibility index (Phi) is 4.33. The minimum atomic E-state index is 0.0939. The highest BCUT2D eigenvalue weighted by atomic mass is 16.3. The van der Waals surface area contributed by atoms with Crippen molar-refractivity contribution in [2.24, 2.45) is 0 Å². The van der Waals surface area contributed by atoms with Crippen LogP contribution in [0.4, 0.5) is 11.6 Å². The van der Waals surface area contributed by atoms with E-state index < -0.39 is 0 Å². The standard InChI is InChI=1S/C21H21N7O/c22-19-18(17-7-1-2-8-23-17)21-25-11-14(12-28(21)26-19)16-6-3-9-24-20(16)27-10-4-5-15(27)13-29/h1-3,6-9,11-12,15,29H,4-5,10,13H2,(H2,22,26)/t15-/m0/s1. The second-order valence-corrected chi connectivity index (χ2v) is 7.13. The quantitative estimate of drug-likeness (QED) is 0.554. The predicted molar refractivity (Wildman–Crippen MR) is 111 cm³/mol. The molecule has 1 aliphatic rings. The van der Waals surface area contributed by atoms with Gasteiger partial charge in [0.1, 0.15) is 5.82 Å². The molecule has 5 heterocycles. The van der Waals surface area contributed by atoms with E-state index >= 15 is 0 Å². The van der Waals surface area contributed by atoms with Gasteiger partial charge in [0.2, 0.25) is 0 Å². The van der Waals surface area contributed by atoms with Crippen molar-refractivity contribution in [1.29, 1.82) is 0 Å². The molecule has 8 heteroatoms. The lowest BCUT2D eigenvalue weighted by Gasteiger charge is -2.26. The van der Waals surface area contributed by atoms with Crippen LogP contribution >= 0.6 is 0 Å². The summed E-state index contributed by atoms with van der Waals surface area (Å²) in [7, 11) is 0. The minimum absolute atomic E-state index is 0.0939. The fourth-order valence-corrected chi connectivity index (χ4v) is 4.00. The molecule has 3 N–H and O–H groups in total. The summed E-state index contributed by atoms with van der Waals surface area (Å²) in [4.78, 5) is 15.8. The molecular formula is C21H21N7O. The van der Waals surface area contributed by atoms with Gasteiger partial charge in [-0.1, -0.05) is 6.07 Å². The molecule has 0 radical (unpaired) electrons. The Morgan fingerprint density at radius 2 is 2.00 bits per heavy atom. The van der Waals surface area contributed by atoms with E-state index in [1.807, 2.05) is 42.7 Å². The first kappa shape index (κ1) is 17.6. The Balaban J connectivity index is 1.61. The van der Waals surface area contributed by atoms with Crippen LogP contribution in [0, 0.1) is 0 Å². The van der Waals surface area contributed by atoms with Crippen molar-refractivity contribution in [3.05, 3.63) is 55.1 Å². The van der Waals surface area contributed by atoms with Gasteiger partial charge >= 0.3 is 0 Å². The van der Waals surface area contributed by atoms with Gasteiger partial charge in [-0.2, -0.15) is 0 Å². The lowest BCUT2D eigenvalue weighted by Crippen LogP contribution is -2.33. The number of anilines is 2. The molecule has 0 amide bonds. The number of nitrogens with two attached hydrogens (primary N) is 1. The lowest BCUT2D eigenvalue weighted by molar-refractivity contribution is 0.266. The van der Waals surface area contributed by atoms with E-state index in [0.29, 0.717) is 11.5 Å². The van der Waals surface area contributed by atoms with Crippen molar-refractivity contribution < 1.29 is 5.11 Å². The highest BCUT2D eigenvalue weighted by molar-refractivity contribution is 5.85. The summed E-state index contributed by atoms with van der Waals surface area (Å²) in [5.41, 5.74) is 10.1. The maximum atomic E-state index is 9.73. The Hall–Kier alpha value is -3.52. The third-order valence-corrected chi connectivity index (χ3v) is 5.38. The number of pyridine rings is 2. The molecule has 0 aromatic carbocycles. The fraction of sp³-hybridized carbons (Fsp3) is 0.238. The van der Waals surface area contributed by atoms with E-state index in [1.54, 1.807) is 16.9 Å². The molecule has 0 bridgehead atoms. The zero-order chi connectivity index (χ0) is 19.8. The summed E-state index contributed by atoms with van der Waals surface area (Å²) in [6, 6.07) is 9.68. The Bertz CT molecular complexity index is 1160. The summed E-state index contributed by atoms with van der Waals surface area (Å²) >= 11 is 0. The average molecular weight is 387 g/mol. The largest absolute Gasteiger partial charge is 0.394 e. The first-order valence-corrected chi connectivity index (χ1v) is 9.64. The predicted octanol–water partition coefficient (Wildman–Crippen LogP) is 2.40. The molecule has 146 valence electrons. The Labute approximate surface area is 167 Å². The van der Waals surface area contributed by atoms with Crippen molar-refractivity contribution in [2.75, 3.05) is 23.8 Å². The maximum absolute atomic E-state index is 9.73. The first-order chi connectivity index (χ1) is 14.3. The molecule has 0 saturated carbocycles. The highest BCUT2D eigenvalue weighted by Gasteiger charge is 2.27. The number of rotatable bonds is 4. The van der Waals surface area contributed by atoms with Crippen LogP contribution in [0.2, 0.25) is 0 Å². The third-order valence-electron chi connectivity index (χ3n) is 5.38. The number of hydrogen-bond acceptors (Lipinski definition) is 7. The summed E-state index contributed by atoms with van der Waals surface area (Å²) in [6.45, 7) is 1.000. The van der Waals surface area contributed by atoms with Gasteiger partial charge in [0.05, 0.1) is 23.9 Å². The van der Waals surface area contributed by atoms with E-state index in [4.69, 9.17) is 5.73 Å². The van der Waals surface area contributed by atoms with E-state index in [9.17, 15) is 5.11 Å². The van der Waals surface area contributed by atoms with E-state index in [-0.39, 0.29) is 12.6 Å². The molecule has 8 nitrogen and oxygen atoms in total. The lowest BCUT2D eigenvalue weighted by atomic mass is 10.1. The monoisotopic (exact) mass is 387 g/mol. The van der Waals surface area contributed by atoms with Gasteiger partial charge in [0.15, 0.2) is 11.5 Å². The van der Waals surface area contributed by atoms with Gasteiger partial charge in [-0.05, 0) is 37.1 Å². The van der Waals surface area contributed by atoms with E-state index in [0.717, 1.165) is 47.6 Å². The molecule has 0 spiro atoms.